The number of carbonyl (C=O) groups is 2. The SMILES string of the molecule is COCC1(C(=O)Nc2cccc(NC(=O)Nc3ccccc3)c2)CCNCC1.Cl. The van der Waals surface area contributed by atoms with Gasteiger partial charge in [-0.2, -0.15) is 0 Å². The van der Waals surface area contributed by atoms with Crippen LogP contribution in [0.1, 0.15) is 12.8 Å². The molecule has 0 aromatic heterocycles. The Labute approximate surface area is 177 Å². The molecule has 0 aliphatic carbocycles. The van der Waals surface area contributed by atoms with Crippen molar-refractivity contribution in [3.8, 4) is 0 Å². The van der Waals surface area contributed by atoms with Crippen LogP contribution < -0.4 is 21.3 Å². The summed E-state index contributed by atoms with van der Waals surface area (Å²) in [6.07, 6.45) is 1.45. The Kier molecular flexibility index (Phi) is 8.45. The molecule has 156 valence electrons. The van der Waals surface area contributed by atoms with Crippen molar-refractivity contribution in [2.45, 2.75) is 12.8 Å². The summed E-state index contributed by atoms with van der Waals surface area (Å²) in [5.74, 6) is -0.0539. The van der Waals surface area contributed by atoms with Crippen LogP contribution in [0.5, 0.6) is 0 Å². The number of benzene rings is 2. The first-order valence-corrected chi connectivity index (χ1v) is 9.35. The second-order valence-corrected chi connectivity index (χ2v) is 6.94. The van der Waals surface area contributed by atoms with Gasteiger partial charge in [-0.25, -0.2) is 4.79 Å². The van der Waals surface area contributed by atoms with E-state index in [1.54, 1.807) is 31.4 Å². The molecule has 0 spiro atoms. The van der Waals surface area contributed by atoms with Crippen molar-refractivity contribution in [1.82, 2.24) is 5.32 Å². The smallest absolute Gasteiger partial charge is 0.323 e. The van der Waals surface area contributed by atoms with E-state index < -0.39 is 5.41 Å². The molecular formula is C21H27ClN4O3. The number of nitrogens with one attached hydrogen (secondary N) is 4. The highest BCUT2D eigenvalue weighted by Crippen LogP contribution is 2.31. The maximum absolute atomic E-state index is 12.9. The number of halogens is 1. The molecule has 1 aliphatic rings. The summed E-state index contributed by atoms with van der Waals surface area (Å²) in [5.41, 5.74) is 1.40. The number of para-hydroxylation sites is 1. The molecule has 0 radical (unpaired) electrons. The molecule has 1 aliphatic heterocycles. The second kappa shape index (κ2) is 10.8. The maximum Gasteiger partial charge on any atom is 0.323 e. The predicted molar refractivity (Wildman–Crippen MR) is 118 cm³/mol. The topological polar surface area (TPSA) is 91.5 Å². The minimum absolute atomic E-state index is 0. The van der Waals surface area contributed by atoms with Gasteiger partial charge in [-0.1, -0.05) is 24.3 Å². The molecule has 2 aromatic rings. The van der Waals surface area contributed by atoms with E-state index in [0.717, 1.165) is 25.9 Å². The van der Waals surface area contributed by atoms with Gasteiger partial charge in [0.15, 0.2) is 0 Å². The van der Waals surface area contributed by atoms with Gasteiger partial charge < -0.3 is 26.0 Å². The third-order valence-corrected chi connectivity index (χ3v) is 4.87. The molecule has 2 aromatic carbocycles. The van der Waals surface area contributed by atoms with Crippen LogP contribution in [0.25, 0.3) is 0 Å². The summed E-state index contributed by atoms with van der Waals surface area (Å²) < 4.78 is 5.32. The summed E-state index contributed by atoms with van der Waals surface area (Å²) in [4.78, 5) is 25.1. The number of hydrogen-bond acceptors (Lipinski definition) is 4. The summed E-state index contributed by atoms with van der Waals surface area (Å²) in [6.45, 7) is 1.97. The largest absolute Gasteiger partial charge is 0.384 e. The minimum atomic E-state index is -0.534. The fraction of sp³-hybridized carbons (Fsp3) is 0.333. The van der Waals surface area contributed by atoms with Crippen molar-refractivity contribution in [2.24, 2.45) is 5.41 Å². The first-order valence-electron chi connectivity index (χ1n) is 9.35. The van der Waals surface area contributed by atoms with E-state index in [0.29, 0.717) is 23.7 Å². The number of urea groups is 1. The van der Waals surface area contributed by atoms with Gasteiger partial charge in [-0.05, 0) is 56.3 Å². The van der Waals surface area contributed by atoms with Crippen LogP contribution in [-0.2, 0) is 9.53 Å². The van der Waals surface area contributed by atoms with Crippen LogP contribution in [0.2, 0.25) is 0 Å². The van der Waals surface area contributed by atoms with Gasteiger partial charge in [-0.15, -0.1) is 12.4 Å². The van der Waals surface area contributed by atoms with Gasteiger partial charge >= 0.3 is 6.03 Å². The fourth-order valence-electron chi connectivity index (χ4n) is 3.37. The maximum atomic E-state index is 12.9. The molecule has 0 unspecified atom stereocenters. The van der Waals surface area contributed by atoms with E-state index in [1.807, 2.05) is 30.3 Å². The van der Waals surface area contributed by atoms with Crippen LogP contribution >= 0.6 is 12.4 Å². The molecule has 4 N–H and O–H groups in total. The van der Waals surface area contributed by atoms with Crippen molar-refractivity contribution in [3.63, 3.8) is 0 Å². The number of amides is 3. The molecule has 3 rings (SSSR count). The number of anilines is 3. The molecule has 0 bridgehead atoms. The lowest BCUT2D eigenvalue weighted by molar-refractivity contribution is -0.130. The average molecular weight is 419 g/mol. The summed E-state index contributed by atoms with van der Waals surface area (Å²) in [6, 6.07) is 16.0. The zero-order chi connectivity index (χ0) is 19.8. The molecule has 1 fully saturated rings. The monoisotopic (exact) mass is 418 g/mol. The van der Waals surface area contributed by atoms with E-state index in [-0.39, 0.29) is 24.3 Å². The van der Waals surface area contributed by atoms with E-state index in [9.17, 15) is 9.59 Å². The average Bonchev–Trinajstić information content (AvgIpc) is 2.70. The highest BCUT2D eigenvalue weighted by Gasteiger charge is 2.39. The second-order valence-electron chi connectivity index (χ2n) is 6.94. The van der Waals surface area contributed by atoms with Gasteiger partial charge in [0, 0.05) is 24.2 Å². The third kappa shape index (κ3) is 6.19. The quantitative estimate of drug-likeness (QED) is 0.575. The van der Waals surface area contributed by atoms with Gasteiger partial charge in [0.2, 0.25) is 5.91 Å². The molecule has 1 saturated heterocycles. The normalized spacial score (nSPS) is 14.9. The van der Waals surface area contributed by atoms with Crippen LogP contribution in [0.4, 0.5) is 21.9 Å². The minimum Gasteiger partial charge on any atom is -0.384 e. The van der Waals surface area contributed by atoms with Crippen molar-refractivity contribution < 1.29 is 14.3 Å². The Hall–Kier alpha value is -2.61. The van der Waals surface area contributed by atoms with E-state index in [1.165, 1.54) is 0 Å². The number of methoxy groups -OCH3 is 1. The lowest BCUT2D eigenvalue weighted by atomic mass is 9.78. The highest BCUT2D eigenvalue weighted by atomic mass is 35.5. The van der Waals surface area contributed by atoms with Crippen LogP contribution in [0, 0.1) is 5.41 Å². The highest BCUT2D eigenvalue weighted by molar-refractivity contribution is 6.01. The molecule has 7 nitrogen and oxygen atoms in total. The summed E-state index contributed by atoms with van der Waals surface area (Å²) in [5, 5.41) is 11.8. The van der Waals surface area contributed by atoms with Gasteiger partial charge in [0.1, 0.15) is 0 Å². The summed E-state index contributed by atoms with van der Waals surface area (Å²) >= 11 is 0. The molecule has 8 heteroatoms. The molecule has 3 amide bonds. The number of rotatable bonds is 6. The Morgan fingerprint density at radius 1 is 0.931 bits per heavy atom. The molecule has 29 heavy (non-hydrogen) atoms. The van der Waals surface area contributed by atoms with Crippen molar-refractivity contribution >= 4 is 41.4 Å². The number of ether oxygens (including phenoxy) is 1. The fourth-order valence-corrected chi connectivity index (χ4v) is 3.37. The predicted octanol–water partition coefficient (Wildman–Crippen LogP) is 3.71. The van der Waals surface area contributed by atoms with Crippen molar-refractivity contribution in [1.29, 1.82) is 0 Å². The standard InChI is InChI=1S/C21H26N4O3.ClH/c1-28-15-21(10-12-22-13-11-21)19(26)23-17-8-5-9-18(14-17)25-20(27)24-16-6-3-2-4-7-16;/h2-9,14,22H,10-13,15H2,1H3,(H,23,26)(H2,24,25,27);1H. The first-order chi connectivity index (χ1) is 13.6. The summed E-state index contributed by atoms with van der Waals surface area (Å²) in [7, 11) is 1.62. The van der Waals surface area contributed by atoms with Crippen molar-refractivity contribution in [3.05, 3.63) is 54.6 Å². The van der Waals surface area contributed by atoms with E-state index >= 15 is 0 Å². The van der Waals surface area contributed by atoms with E-state index in [4.69, 9.17) is 4.74 Å². The Morgan fingerprint density at radius 2 is 1.52 bits per heavy atom. The lowest BCUT2D eigenvalue weighted by Crippen LogP contribution is -2.47. The van der Waals surface area contributed by atoms with Crippen LogP contribution in [0.3, 0.4) is 0 Å². The lowest BCUT2D eigenvalue weighted by Gasteiger charge is -2.35. The third-order valence-electron chi connectivity index (χ3n) is 4.87. The molecule has 1 heterocycles. The Morgan fingerprint density at radius 3 is 2.17 bits per heavy atom. The molecule has 0 atom stereocenters. The number of carbonyl (C=O) groups excluding carboxylic acids is 2. The van der Waals surface area contributed by atoms with Gasteiger partial charge in [0.25, 0.3) is 0 Å². The van der Waals surface area contributed by atoms with Gasteiger partial charge in [-0.3, -0.25) is 4.79 Å². The zero-order valence-corrected chi connectivity index (χ0v) is 17.2. The zero-order valence-electron chi connectivity index (χ0n) is 16.4. The number of hydrogen-bond donors (Lipinski definition) is 4. The first kappa shape index (κ1) is 22.7. The van der Waals surface area contributed by atoms with Crippen LogP contribution in [-0.4, -0.2) is 38.7 Å². The Balaban J connectivity index is 0.00000300. The van der Waals surface area contributed by atoms with E-state index in [2.05, 4.69) is 21.3 Å². The van der Waals surface area contributed by atoms with Crippen molar-refractivity contribution in [2.75, 3.05) is 42.8 Å². The van der Waals surface area contributed by atoms with Crippen LogP contribution in [0.15, 0.2) is 54.6 Å². The number of piperidine rings is 1. The molecular weight excluding hydrogens is 392 g/mol. The molecule has 0 saturated carbocycles. The Bertz CT molecular complexity index is 805. The van der Waals surface area contributed by atoms with Gasteiger partial charge in [0.05, 0.1) is 12.0 Å².